The standard InChI is InChI=1S/C15H25N3/c1-16-11-14-7-8-15(17-12-14)13-18-9-5-3-2-4-6-10-18/h7-8,12,16H,2-6,9-11,13H2,1H3. The lowest BCUT2D eigenvalue weighted by Gasteiger charge is -2.24. The molecule has 0 aromatic carbocycles. The molecule has 3 nitrogen and oxygen atoms in total. The van der Waals surface area contributed by atoms with E-state index >= 15 is 0 Å². The molecule has 0 unspecified atom stereocenters. The van der Waals surface area contributed by atoms with Gasteiger partial charge in [0, 0.05) is 19.3 Å². The fourth-order valence-corrected chi connectivity index (χ4v) is 2.56. The van der Waals surface area contributed by atoms with Gasteiger partial charge in [-0.1, -0.05) is 25.3 Å². The lowest BCUT2D eigenvalue weighted by Crippen LogP contribution is -2.27. The molecule has 2 rings (SSSR count). The molecule has 0 atom stereocenters. The van der Waals surface area contributed by atoms with E-state index in [1.54, 1.807) is 0 Å². The predicted molar refractivity (Wildman–Crippen MR) is 75.4 cm³/mol. The first kappa shape index (κ1) is 13.5. The van der Waals surface area contributed by atoms with E-state index < -0.39 is 0 Å². The van der Waals surface area contributed by atoms with E-state index in [0.29, 0.717) is 0 Å². The number of nitrogens with one attached hydrogen (secondary N) is 1. The molecule has 0 bridgehead atoms. The van der Waals surface area contributed by atoms with Crippen molar-refractivity contribution < 1.29 is 0 Å². The van der Waals surface area contributed by atoms with Gasteiger partial charge in [0.2, 0.25) is 0 Å². The monoisotopic (exact) mass is 247 g/mol. The average Bonchev–Trinajstić information content (AvgIpc) is 2.35. The molecule has 1 N–H and O–H groups in total. The van der Waals surface area contributed by atoms with Crippen molar-refractivity contribution in [3.05, 3.63) is 29.6 Å². The lowest BCUT2D eigenvalue weighted by atomic mass is 10.1. The Morgan fingerprint density at radius 2 is 1.83 bits per heavy atom. The highest BCUT2D eigenvalue weighted by atomic mass is 15.1. The van der Waals surface area contributed by atoms with Gasteiger partial charge in [-0.25, -0.2) is 0 Å². The zero-order valence-electron chi connectivity index (χ0n) is 11.5. The number of nitrogens with zero attached hydrogens (tertiary/aromatic N) is 2. The minimum Gasteiger partial charge on any atom is -0.316 e. The van der Waals surface area contributed by atoms with Crippen molar-refractivity contribution in [2.45, 2.75) is 45.2 Å². The smallest absolute Gasteiger partial charge is 0.0544 e. The van der Waals surface area contributed by atoms with Crippen LogP contribution in [0.5, 0.6) is 0 Å². The second kappa shape index (κ2) is 7.49. The summed E-state index contributed by atoms with van der Waals surface area (Å²) in [6.45, 7) is 4.39. The third kappa shape index (κ3) is 4.39. The van der Waals surface area contributed by atoms with Gasteiger partial charge in [0.1, 0.15) is 0 Å². The summed E-state index contributed by atoms with van der Waals surface area (Å²) in [7, 11) is 1.97. The molecular formula is C15H25N3. The summed E-state index contributed by atoms with van der Waals surface area (Å²) in [6, 6.07) is 4.36. The summed E-state index contributed by atoms with van der Waals surface area (Å²) in [5, 5.41) is 3.15. The molecule has 0 aliphatic carbocycles. The maximum atomic E-state index is 4.56. The van der Waals surface area contributed by atoms with Crippen LogP contribution in [0.4, 0.5) is 0 Å². The third-order valence-electron chi connectivity index (χ3n) is 3.60. The van der Waals surface area contributed by atoms with E-state index in [1.807, 2.05) is 13.2 Å². The van der Waals surface area contributed by atoms with Crippen LogP contribution in [0.1, 0.15) is 43.4 Å². The van der Waals surface area contributed by atoms with Gasteiger partial charge in [0.05, 0.1) is 5.69 Å². The average molecular weight is 247 g/mol. The fraction of sp³-hybridized carbons (Fsp3) is 0.667. The van der Waals surface area contributed by atoms with Crippen LogP contribution in [0.25, 0.3) is 0 Å². The summed E-state index contributed by atoms with van der Waals surface area (Å²) in [4.78, 5) is 7.12. The Morgan fingerprint density at radius 3 is 2.44 bits per heavy atom. The SMILES string of the molecule is CNCc1ccc(CN2CCCCCCC2)nc1. The van der Waals surface area contributed by atoms with Crippen molar-refractivity contribution in [3.63, 3.8) is 0 Å². The summed E-state index contributed by atoms with van der Waals surface area (Å²) >= 11 is 0. The Labute approximate surface area is 111 Å². The van der Waals surface area contributed by atoms with E-state index in [1.165, 1.54) is 56.5 Å². The molecule has 2 heterocycles. The minimum absolute atomic E-state index is 0.900. The molecule has 1 aliphatic heterocycles. The van der Waals surface area contributed by atoms with E-state index in [0.717, 1.165) is 13.1 Å². The molecular weight excluding hydrogens is 222 g/mol. The van der Waals surface area contributed by atoms with Gasteiger partial charge in [0.15, 0.2) is 0 Å². The van der Waals surface area contributed by atoms with Gasteiger partial charge in [-0.15, -0.1) is 0 Å². The Balaban J connectivity index is 1.86. The normalized spacial score (nSPS) is 18.3. The zero-order valence-corrected chi connectivity index (χ0v) is 11.5. The number of likely N-dealkylation sites (tertiary alicyclic amines) is 1. The molecule has 0 radical (unpaired) electrons. The minimum atomic E-state index is 0.900. The molecule has 3 heteroatoms. The quantitative estimate of drug-likeness (QED) is 0.886. The first-order valence-electron chi connectivity index (χ1n) is 7.19. The fourth-order valence-electron chi connectivity index (χ4n) is 2.56. The van der Waals surface area contributed by atoms with Crippen LogP contribution >= 0.6 is 0 Å². The molecule has 1 fully saturated rings. The van der Waals surface area contributed by atoms with E-state index in [-0.39, 0.29) is 0 Å². The van der Waals surface area contributed by atoms with Gasteiger partial charge in [-0.2, -0.15) is 0 Å². The second-order valence-corrected chi connectivity index (χ2v) is 5.23. The maximum Gasteiger partial charge on any atom is 0.0544 e. The summed E-state index contributed by atoms with van der Waals surface area (Å²) < 4.78 is 0. The summed E-state index contributed by atoms with van der Waals surface area (Å²) in [5.74, 6) is 0. The number of pyridine rings is 1. The first-order valence-corrected chi connectivity index (χ1v) is 7.19. The van der Waals surface area contributed by atoms with Gasteiger partial charge < -0.3 is 5.32 Å². The van der Waals surface area contributed by atoms with Crippen LogP contribution in [0.2, 0.25) is 0 Å². The Hall–Kier alpha value is -0.930. The molecule has 100 valence electrons. The molecule has 0 saturated carbocycles. The molecule has 1 aliphatic rings. The highest BCUT2D eigenvalue weighted by Gasteiger charge is 2.09. The Kier molecular flexibility index (Phi) is 5.62. The van der Waals surface area contributed by atoms with Crippen LogP contribution < -0.4 is 5.32 Å². The van der Waals surface area contributed by atoms with Crippen molar-refractivity contribution in [3.8, 4) is 0 Å². The van der Waals surface area contributed by atoms with E-state index in [4.69, 9.17) is 0 Å². The van der Waals surface area contributed by atoms with Crippen LogP contribution in [-0.4, -0.2) is 30.0 Å². The van der Waals surface area contributed by atoms with Crippen LogP contribution in [0, 0.1) is 0 Å². The molecule has 0 amide bonds. The first-order chi connectivity index (χ1) is 8.88. The largest absolute Gasteiger partial charge is 0.316 e. The summed E-state index contributed by atoms with van der Waals surface area (Å²) in [6.07, 6.45) is 8.90. The molecule has 18 heavy (non-hydrogen) atoms. The van der Waals surface area contributed by atoms with Gasteiger partial charge >= 0.3 is 0 Å². The topological polar surface area (TPSA) is 28.2 Å². The third-order valence-corrected chi connectivity index (χ3v) is 3.60. The molecule has 1 aromatic heterocycles. The van der Waals surface area contributed by atoms with E-state index in [9.17, 15) is 0 Å². The highest BCUT2D eigenvalue weighted by molar-refractivity contribution is 5.13. The van der Waals surface area contributed by atoms with Crippen molar-refractivity contribution in [2.75, 3.05) is 20.1 Å². The Bertz CT molecular complexity index is 326. The van der Waals surface area contributed by atoms with Crippen molar-refractivity contribution in [1.82, 2.24) is 15.2 Å². The number of aromatic nitrogens is 1. The van der Waals surface area contributed by atoms with Crippen molar-refractivity contribution in [2.24, 2.45) is 0 Å². The highest BCUT2D eigenvalue weighted by Crippen LogP contribution is 2.12. The van der Waals surface area contributed by atoms with Crippen LogP contribution in [0.3, 0.4) is 0 Å². The maximum absolute atomic E-state index is 4.56. The van der Waals surface area contributed by atoms with Crippen LogP contribution in [0.15, 0.2) is 18.3 Å². The number of hydrogen-bond donors (Lipinski definition) is 1. The zero-order chi connectivity index (χ0) is 12.6. The van der Waals surface area contributed by atoms with E-state index in [2.05, 4.69) is 27.3 Å². The van der Waals surface area contributed by atoms with Crippen molar-refractivity contribution >= 4 is 0 Å². The predicted octanol–water partition coefficient (Wildman–Crippen LogP) is 2.57. The van der Waals surface area contributed by atoms with Gasteiger partial charge in [0.25, 0.3) is 0 Å². The molecule has 0 spiro atoms. The Morgan fingerprint density at radius 1 is 1.11 bits per heavy atom. The van der Waals surface area contributed by atoms with Gasteiger partial charge in [-0.05, 0) is 44.6 Å². The van der Waals surface area contributed by atoms with Crippen molar-refractivity contribution in [1.29, 1.82) is 0 Å². The van der Waals surface area contributed by atoms with Gasteiger partial charge in [-0.3, -0.25) is 9.88 Å². The lowest BCUT2D eigenvalue weighted by molar-refractivity contribution is 0.237. The second-order valence-electron chi connectivity index (χ2n) is 5.23. The number of hydrogen-bond acceptors (Lipinski definition) is 3. The summed E-state index contributed by atoms with van der Waals surface area (Å²) in [5.41, 5.74) is 2.46. The molecule has 1 saturated heterocycles. The number of rotatable bonds is 4. The molecule has 1 aromatic rings. The van der Waals surface area contributed by atoms with Crippen LogP contribution in [-0.2, 0) is 13.1 Å².